The second-order valence-corrected chi connectivity index (χ2v) is 3.87. The van der Waals surface area contributed by atoms with E-state index in [2.05, 4.69) is 0 Å². The van der Waals surface area contributed by atoms with Crippen LogP contribution in [0.5, 0.6) is 0 Å². The van der Waals surface area contributed by atoms with Gasteiger partial charge >= 0.3 is 0 Å². The maximum absolute atomic E-state index is 11.8. The van der Waals surface area contributed by atoms with Crippen molar-refractivity contribution in [2.45, 2.75) is 20.8 Å². The molecule has 0 aromatic carbocycles. The molecular weight excluding hydrogens is 182 g/mol. The van der Waals surface area contributed by atoms with E-state index in [0.717, 1.165) is 0 Å². The van der Waals surface area contributed by atoms with E-state index in [1.54, 1.807) is 20.8 Å². The molecule has 0 saturated heterocycles. The highest BCUT2D eigenvalue weighted by atomic mass is 16.2. The highest BCUT2D eigenvalue weighted by Gasteiger charge is 2.30. The second-order valence-electron chi connectivity index (χ2n) is 3.87. The second kappa shape index (κ2) is 4.95. The van der Waals surface area contributed by atoms with Gasteiger partial charge in [0.25, 0.3) is 0 Å². The Kier molecular flexibility index (Phi) is 4.56. The molecule has 0 fully saturated rings. The fourth-order valence-corrected chi connectivity index (χ4v) is 1.03. The molecule has 0 radical (unpaired) electrons. The molecule has 2 amide bonds. The molecule has 0 heterocycles. The van der Waals surface area contributed by atoms with Crippen LogP contribution in [0.25, 0.3) is 0 Å². The summed E-state index contributed by atoms with van der Waals surface area (Å²) >= 11 is 0. The molecule has 0 unspecified atom stereocenters. The van der Waals surface area contributed by atoms with Crippen molar-refractivity contribution in [2.24, 2.45) is 16.9 Å². The van der Waals surface area contributed by atoms with E-state index in [0.29, 0.717) is 6.54 Å². The maximum Gasteiger partial charge on any atom is 0.237 e. The van der Waals surface area contributed by atoms with Gasteiger partial charge in [-0.2, -0.15) is 0 Å². The van der Waals surface area contributed by atoms with Crippen LogP contribution in [0.15, 0.2) is 0 Å². The van der Waals surface area contributed by atoms with Crippen LogP contribution >= 0.6 is 0 Å². The maximum atomic E-state index is 11.8. The number of hydrogen-bond acceptors (Lipinski definition) is 3. The molecule has 5 nitrogen and oxygen atoms in total. The molecule has 0 spiro atoms. The molecule has 0 rings (SSSR count). The van der Waals surface area contributed by atoms with Gasteiger partial charge in [0.1, 0.15) is 0 Å². The number of rotatable bonds is 5. The molecule has 0 aliphatic carbocycles. The summed E-state index contributed by atoms with van der Waals surface area (Å²) in [4.78, 5) is 23.9. The monoisotopic (exact) mass is 201 g/mol. The predicted molar refractivity (Wildman–Crippen MR) is 54.3 cm³/mol. The summed E-state index contributed by atoms with van der Waals surface area (Å²) in [6, 6.07) is 0. The third kappa shape index (κ3) is 3.33. The van der Waals surface area contributed by atoms with Crippen molar-refractivity contribution in [1.82, 2.24) is 4.90 Å². The van der Waals surface area contributed by atoms with Gasteiger partial charge in [-0.3, -0.25) is 9.59 Å². The molecule has 0 aromatic heterocycles. The van der Waals surface area contributed by atoms with Crippen LogP contribution in [-0.4, -0.2) is 36.3 Å². The molecule has 0 aliphatic rings. The van der Waals surface area contributed by atoms with Gasteiger partial charge in [-0.1, -0.05) is 0 Å². The lowest BCUT2D eigenvalue weighted by Crippen LogP contribution is -2.47. The lowest BCUT2D eigenvalue weighted by Gasteiger charge is -2.29. The van der Waals surface area contributed by atoms with Gasteiger partial charge in [0.05, 0.1) is 12.0 Å². The molecule has 0 aromatic rings. The van der Waals surface area contributed by atoms with Crippen molar-refractivity contribution in [1.29, 1.82) is 0 Å². The van der Waals surface area contributed by atoms with Crippen molar-refractivity contribution in [3.8, 4) is 0 Å². The number of likely N-dealkylation sites (N-methyl/N-ethyl adjacent to an activating group) is 1. The van der Waals surface area contributed by atoms with E-state index in [1.165, 1.54) is 4.90 Å². The Hall–Kier alpha value is -1.10. The number of carbonyl (C=O) groups excluding carboxylic acids is 2. The van der Waals surface area contributed by atoms with Crippen LogP contribution in [0.3, 0.4) is 0 Å². The molecular formula is C9H19N3O2. The standard InChI is InChI=1S/C9H19N3O2/c1-4-12(5-7(11)13)8(14)9(2,3)6-10/h4-6,10H2,1-3H3,(H2,11,13). The Morgan fingerprint density at radius 1 is 1.36 bits per heavy atom. The van der Waals surface area contributed by atoms with Crippen LogP contribution in [-0.2, 0) is 9.59 Å². The Morgan fingerprint density at radius 3 is 2.14 bits per heavy atom. The summed E-state index contributed by atoms with van der Waals surface area (Å²) in [5.41, 5.74) is 9.86. The van der Waals surface area contributed by atoms with Gasteiger partial charge in [-0.25, -0.2) is 0 Å². The molecule has 0 atom stereocenters. The minimum Gasteiger partial charge on any atom is -0.368 e. The van der Waals surface area contributed by atoms with Crippen LogP contribution in [0, 0.1) is 5.41 Å². The first-order chi connectivity index (χ1) is 6.35. The van der Waals surface area contributed by atoms with Crippen LogP contribution < -0.4 is 11.5 Å². The Morgan fingerprint density at radius 2 is 1.86 bits per heavy atom. The molecule has 5 heteroatoms. The smallest absolute Gasteiger partial charge is 0.237 e. The SMILES string of the molecule is CCN(CC(N)=O)C(=O)C(C)(C)CN. The number of primary amides is 1. The Balaban J connectivity index is 4.54. The van der Waals surface area contributed by atoms with E-state index >= 15 is 0 Å². The van der Waals surface area contributed by atoms with Gasteiger partial charge in [0, 0.05) is 13.1 Å². The van der Waals surface area contributed by atoms with E-state index in [-0.39, 0.29) is 19.0 Å². The van der Waals surface area contributed by atoms with E-state index in [4.69, 9.17) is 11.5 Å². The van der Waals surface area contributed by atoms with Gasteiger partial charge in [0.2, 0.25) is 11.8 Å². The Labute approximate surface area is 84.4 Å². The Bertz CT molecular complexity index is 226. The first-order valence-corrected chi connectivity index (χ1v) is 4.63. The van der Waals surface area contributed by atoms with Crippen LogP contribution in [0.4, 0.5) is 0 Å². The van der Waals surface area contributed by atoms with Crippen molar-refractivity contribution in [3.05, 3.63) is 0 Å². The fraction of sp³-hybridized carbons (Fsp3) is 0.778. The third-order valence-electron chi connectivity index (χ3n) is 2.10. The largest absolute Gasteiger partial charge is 0.368 e. The highest BCUT2D eigenvalue weighted by Crippen LogP contribution is 2.16. The number of nitrogens with two attached hydrogens (primary N) is 2. The summed E-state index contributed by atoms with van der Waals surface area (Å²) in [5, 5.41) is 0. The lowest BCUT2D eigenvalue weighted by atomic mass is 9.92. The van der Waals surface area contributed by atoms with Crippen molar-refractivity contribution >= 4 is 11.8 Å². The number of hydrogen-bond donors (Lipinski definition) is 2. The zero-order valence-corrected chi connectivity index (χ0v) is 9.04. The summed E-state index contributed by atoms with van der Waals surface area (Å²) in [6.45, 7) is 5.97. The molecule has 0 saturated carbocycles. The number of carbonyl (C=O) groups is 2. The third-order valence-corrected chi connectivity index (χ3v) is 2.10. The number of nitrogens with zero attached hydrogens (tertiary/aromatic N) is 1. The minimum atomic E-state index is -0.633. The topological polar surface area (TPSA) is 89.4 Å². The molecule has 14 heavy (non-hydrogen) atoms. The van der Waals surface area contributed by atoms with Gasteiger partial charge in [0.15, 0.2) is 0 Å². The summed E-state index contributed by atoms with van der Waals surface area (Å²) < 4.78 is 0. The molecule has 0 bridgehead atoms. The van der Waals surface area contributed by atoms with Crippen molar-refractivity contribution in [3.63, 3.8) is 0 Å². The quantitative estimate of drug-likeness (QED) is 0.616. The van der Waals surface area contributed by atoms with Gasteiger partial charge < -0.3 is 16.4 Å². The zero-order valence-electron chi connectivity index (χ0n) is 9.04. The van der Waals surface area contributed by atoms with Crippen molar-refractivity contribution in [2.75, 3.05) is 19.6 Å². The first-order valence-electron chi connectivity index (χ1n) is 4.63. The zero-order chi connectivity index (χ0) is 11.4. The number of amides is 2. The van der Waals surface area contributed by atoms with E-state index < -0.39 is 11.3 Å². The van der Waals surface area contributed by atoms with Crippen LogP contribution in [0.1, 0.15) is 20.8 Å². The normalized spacial score (nSPS) is 11.1. The minimum absolute atomic E-state index is 0.0429. The van der Waals surface area contributed by atoms with E-state index in [1.807, 2.05) is 0 Å². The lowest BCUT2D eigenvalue weighted by molar-refractivity contribution is -0.142. The summed E-state index contributed by atoms with van der Waals surface area (Å²) in [7, 11) is 0. The molecule has 4 N–H and O–H groups in total. The highest BCUT2D eigenvalue weighted by molar-refractivity contribution is 5.87. The fourth-order valence-electron chi connectivity index (χ4n) is 1.03. The van der Waals surface area contributed by atoms with E-state index in [9.17, 15) is 9.59 Å². The molecule has 82 valence electrons. The van der Waals surface area contributed by atoms with Crippen LogP contribution in [0.2, 0.25) is 0 Å². The summed E-state index contributed by atoms with van der Waals surface area (Å²) in [6.07, 6.45) is 0. The predicted octanol–water partition coefficient (Wildman–Crippen LogP) is -0.695. The van der Waals surface area contributed by atoms with Gasteiger partial charge in [-0.15, -0.1) is 0 Å². The average Bonchev–Trinajstić information content (AvgIpc) is 2.12. The first kappa shape index (κ1) is 12.9. The average molecular weight is 201 g/mol. The summed E-state index contributed by atoms with van der Waals surface area (Å²) in [5.74, 6) is -0.644. The van der Waals surface area contributed by atoms with Gasteiger partial charge in [-0.05, 0) is 20.8 Å². The van der Waals surface area contributed by atoms with Crippen molar-refractivity contribution < 1.29 is 9.59 Å². The molecule has 0 aliphatic heterocycles.